The molecule has 0 unspecified atom stereocenters. The summed E-state index contributed by atoms with van der Waals surface area (Å²) in [6, 6.07) is 2.95. The van der Waals surface area contributed by atoms with Gasteiger partial charge in [0.05, 0.1) is 44.4 Å². The van der Waals surface area contributed by atoms with E-state index in [-0.39, 0.29) is 5.75 Å². The van der Waals surface area contributed by atoms with Crippen LogP contribution in [0.15, 0.2) is 12.1 Å². The van der Waals surface area contributed by atoms with Gasteiger partial charge in [-0.1, -0.05) is 0 Å². The van der Waals surface area contributed by atoms with Crippen molar-refractivity contribution in [3.05, 3.63) is 17.9 Å². The van der Waals surface area contributed by atoms with Crippen molar-refractivity contribution >= 4 is 17.0 Å². The number of morpholine rings is 1. The molecule has 6 nitrogen and oxygen atoms in total. The van der Waals surface area contributed by atoms with Crippen LogP contribution in [0.1, 0.15) is 0 Å². The molecule has 1 aromatic heterocycles. The van der Waals surface area contributed by atoms with Gasteiger partial charge in [-0.15, -0.1) is 0 Å². The van der Waals surface area contributed by atoms with Crippen LogP contribution in [0.4, 0.5) is 10.3 Å². The minimum absolute atomic E-state index is 0.182. The zero-order chi connectivity index (χ0) is 13.4. The largest absolute Gasteiger partial charge is 0.494 e. The number of methoxy groups -OCH3 is 1. The maximum absolute atomic E-state index is 13.7. The van der Waals surface area contributed by atoms with Crippen LogP contribution in [0, 0.1) is 5.82 Å². The fourth-order valence-corrected chi connectivity index (χ4v) is 2.29. The molecule has 2 aromatic rings. The lowest BCUT2D eigenvalue weighted by Gasteiger charge is -2.30. The molecule has 1 aliphatic heterocycles. The number of ether oxygens (including phenoxy) is 2. The van der Waals surface area contributed by atoms with Gasteiger partial charge < -0.3 is 20.2 Å². The van der Waals surface area contributed by atoms with Gasteiger partial charge in [0.2, 0.25) is 5.95 Å². The van der Waals surface area contributed by atoms with Gasteiger partial charge in [0.1, 0.15) is 0 Å². The summed E-state index contributed by atoms with van der Waals surface area (Å²) < 4.78 is 25.8. The summed E-state index contributed by atoms with van der Waals surface area (Å²) in [4.78, 5) is 4.19. The number of fused-ring (bicyclic) bond motifs is 1. The normalized spacial score (nSPS) is 16.0. The van der Waals surface area contributed by atoms with Gasteiger partial charge in [0.15, 0.2) is 11.6 Å². The Bertz CT molecular complexity index is 607. The number of hydrogen-bond acceptors (Lipinski definition) is 5. The maximum Gasteiger partial charge on any atom is 0.220 e. The number of halogens is 1. The first-order valence-electron chi connectivity index (χ1n) is 6.05. The molecule has 2 N–H and O–H groups in total. The molecule has 3 rings (SSSR count). The van der Waals surface area contributed by atoms with E-state index in [4.69, 9.17) is 15.2 Å². The number of nitrogens with two attached hydrogens (primary N) is 1. The van der Waals surface area contributed by atoms with Crippen LogP contribution in [0.5, 0.6) is 5.75 Å². The predicted molar refractivity (Wildman–Crippen MR) is 69.4 cm³/mol. The van der Waals surface area contributed by atoms with Crippen molar-refractivity contribution in [3.63, 3.8) is 0 Å². The van der Waals surface area contributed by atoms with Crippen LogP contribution in [0.2, 0.25) is 0 Å². The summed E-state index contributed by atoms with van der Waals surface area (Å²) >= 11 is 0. The Morgan fingerprint density at radius 1 is 1.37 bits per heavy atom. The number of nitrogen functional groups attached to an aromatic ring is 1. The first kappa shape index (κ1) is 12.0. The predicted octanol–water partition coefficient (Wildman–Crippen LogP) is 0.734. The van der Waals surface area contributed by atoms with Crippen molar-refractivity contribution in [2.45, 2.75) is 0 Å². The second-order valence-corrected chi connectivity index (χ2v) is 4.32. The SMILES string of the molecule is COc1cc2c(cc1F)nc(N)n2N1CCOCC1. The number of aromatic nitrogens is 2. The molecule has 19 heavy (non-hydrogen) atoms. The van der Waals surface area contributed by atoms with Gasteiger partial charge >= 0.3 is 0 Å². The van der Waals surface area contributed by atoms with Crippen LogP contribution < -0.4 is 15.5 Å². The minimum Gasteiger partial charge on any atom is -0.494 e. The molecule has 0 amide bonds. The quantitative estimate of drug-likeness (QED) is 0.868. The topological polar surface area (TPSA) is 65.5 Å². The van der Waals surface area contributed by atoms with Crippen molar-refractivity contribution in [2.75, 3.05) is 44.2 Å². The summed E-state index contributed by atoms with van der Waals surface area (Å²) in [6.45, 7) is 2.71. The molecule has 0 atom stereocenters. The van der Waals surface area contributed by atoms with Crippen molar-refractivity contribution < 1.29 is 13.9 Å². The summed E-state index contributed by atoms with van der Waals surface area (Å²) in [6.07, 6.45) is 0. The maximum atomic E-state index is 13.7. The molecule has 1 saturated heterocycles. The van der Waals surface area contributed by atoms with E-state index in [1.807, 2.05) is 5.01 Å². The second-order valence-electron chi connectivity index (χ2n) is 4.32. The lowest BCUT2D eigenvalue weighted by molar-refractivity contribution is 0.112. The standard InChI is InChI=1S/C12H15FN4O2/c1-18-11-7-10-9(6-8(11)13)15-12(14)17(10)16-2-4-19-5-3-16/h6-7H,2-5H2,1H3,(H2,14,15). The molecule has 2 heterocycles. The fraction of sp³-hybridized carbons (Fsp3) is 0.417. The van der Waals surface area contributed by atoms with Crippen LogP contribution in [-0.4, -0.2) is 43.1 Å². The zero-order valence-corrected chi connectivity index (χ0v) is 10.6. The number of rotatable bonds is 2. The first-order chi connectivity index (χ1) is 9.20. The summed E-state index contributed by atoms with van der Waals surface area (Å²) in [7, 11) is 1.43. The molecular weight excluding hydrogens is 251 g/mol. The van der Waals surface area contributed by atoms with Crippen molar-refractivity contribution in [2.24, 2.45) is 0 Å². The fourth-order valence-electron chi connectivity index (χ4n) is 2.29. The van der Waals surface area contributed by atoms with Crippen LogP contribution in [0.25, 0.3) is 11.0 Å². The van der Waals surface area contributed by atoms with Gasteiger partial charge in [-0.2, -0.15) is 0 Å². The minimum atomic E-state index is -0.443. The first-order valence-corrected chi connectivity index (χ1v) is 6.05. The molecule has 1 aliphatic rings. The molecule has 0 saturated carbocycles. The van der Waals surface area contributed by atoms with E-state index in [2.05, 4.69) is 4.98 Å². The van der Waals surface area contributed by atoms with Gasteiger partial charge in [-0.05, 0) is 0 Å². The molecular formula is C12H15FN4O2. The van der Waals surface area contributed by atoms with Crippen molar-refractivity contribution in [1.82, 2.24) is 9.66 Å². The van der Waals surface area contributed by atoms with Gasteiger partial charge in [-0.25, -0.2) is 14.1 Å². The third kappa shape index (κ3) is 1.95. The Balaban J connectivity index is 2.14. The lowest BCUT2D eigenvalue weighted by atomic mass is 10.3. The van der Waals surface area contributed by atoms with Gasteiger partial charge in [0, 0.05) is 12.1 Å². The summed E-state index contributed by atoms with van der Waals surface area (Å²) in [5.74, 6) is 0.0769. The lowest BCUT2D eigenvalue weighted by Crippen LogP contribution is -2.44. The molecule has 1 fully saturated rings. The highest BCUT2D eigenvalue weighted by atomic mass is 19.1. The van der Waals surface area contributed by atoms with Crippen LogP contribution in [0.3, 0.4) is 0 Å². The van der Waals surface area contributed by atoms with E-state index in [0.717, 1.165) is 18.6 Å². The van der Waals surface area contributed by atoms with Crippen LogP contribution in [-0.2, 0) is 4.74 Å². The van der Waals surface area contributed by atoms with E-state index in [1.54, 1.807) is 10.7 Å². The zero-order valence-electron chi connectivity index (χ0n) is 10.6. The third-order valence-electron chi connectivity index (χ3n) is 3.20. The van der Waals surface area contributed by atoms with E-state index in [1.165, 1.54) is 13.2 Å². The summed E-state index contributed by atoms with van der Waals surface area (Å²) in [5.41, 5.74) is 7.18. The Morgan fingerprint density at radius 2 is 2.11 bits per heavy atom. The second kappa shape index (κ2) is 4.58. The molecule has 1 aromatic carbocycles. The van der Waals surface area contributed by atoms with Crippen LogP contribution >= 0.6 is 0 Å². The molecule has 0 spiro atoms. The van der Waals surface area contributed by atoms with Gasteiger partial charge in [-0.3, -0.25) is 0 Å². The Morgan fingerprint density at radius 3 is 2.79 bits per heavy atom. The van der Waals surface area contributed by atoms with E-state index in [0.29, 0.717) is 24.7 Å². The average Bonchev–Trinajstić information content (AvgIpc) is 2.73. The Labute approximate surface area is 109 Å². The summed E-state index contributed by atoms with van der Waals surface area (Å²) in [5, 5.41) is 2.03. The number of hydrogen-bond donors (Lipinski definition) is 1. The number of benzene rings is 1. The van der Waals surface area contributed by atoms with E-state index < -0.39 is 5.82 Å². The highest BCUT2D eigenvalue weighted by Gasteiger charge is 2.19. The molecule has 0 bridgehead atoms. The molecule has 0 radical (unpaired) electrons. The smallest absolute Gasteiger partial charge is 0.220 e. The number of anilines is 1. The molecule has 7 heteroatoms. The van der Waals surface area contributed by atoms with E-state index >= 15 is 0 Å². The monoisotopic (exact) mass is 266 g/mol. The highest BCUT2D eigenvalue weighted by Crippen LogP contribution is 2.26. The number of nitrogens with zero attached hydrogens (tertiary/aromatic N) is 3. The Hall–Kier alpha value is -2.02. The number of imidazole rings is 1. The van der Waals surface area contributed by atoms with Crippen molar-refractivity contribution in [1.29, 1.82) is 0 Å². The molecule has 102 valence electrons. The average molecular weight is 266 g/mol. The molecule has 0 aliphatic carbocycles. The van der Waals surface area contributed by atoms with Gasteiger partial charge in [0.25, 0.3) is 0 Å². The highest BCUT2D eigenvalue weighted by molar-refractivity contribution is 5.80. The van der Waals surface area contributed by atoms with E-state index in [9.17, 15) is 4.39 Å². The third-order valence-corrected chi connectivity index (χ3v) is 3.20. The van der Waals surface area contributed by atoms with Crippen molar-refractivity contribution in [3.8, 4) is 5.75 Å². The Kier molecular flexibility index (Phi) is 2.90.